The second-order valence-corrected chi connectivity index (χ2v) is 4.31. The topological polar surface area (TPSA) is 52.6 Å². The zero-order valence-corrected chi connectivity index (χ0v) is 9.12. The van der Waals surface area contributed by atoms with Gasteiger partial charge in [0, 0.05) is 25.2 Å². The van der Waals surface area contributed by atoms with Crippen molar-refractivity contribution in [1.29, 1.82) is 0 Å². The number of hydrogen-bond donors (Lipinski definition) is 2. The van der Waals surface area contributed by atoms with Crippen LogP contribution in [0.1, 0.15) is 19.8 Å². The standard InChI is InChI=1S/C11H18N2O2/c1-8(9-5-12-6-9)11(15)13-4-2-3-10(13)7-14/h10,12,14H,2-7H2,1H3/t10-/m0/s1. The quantitative estimate of drug-likeness (QED) is 0.625. The van der Waals surface area contributed by atoms with E-state index in [1.807, 2.05) is 11.8 Å². The van der Waals surface area contributed by atoms with Crippen molar-refractivity contribution in [1.82, 2.24) is 10.2 Å². The van der Waals surface area contributed by atoms with Crippen LogP contribution >= 0.6 is 0 Å². The summed E-state index contributed by atoms with van der Waals surface area (Å²) in [6.07, 6.45) is 1.95. The maximum Gasteiger partial charge on any atom is 0.249 e. The highest BCUT2D eigenvalue weighted by Crippen LogP contribution is 2.21. The molecule has 0 spiro atoms. The Kier molecular flexibility index (Phi) is 3.07. The number of rotatable bonds is 2. The van der Waals surface area contributed by atoms with Gasteiger partial charge in [-0.3, -0.25) is 4.79 Å². The summed E-state index contributed by atoms with van der Waals surface area (Å²) in [4.78, 5) is 13.9. The van der Waals surface area contributed by atoms with Crippen molar-refractivity contribution in [2.75, 3.05) is 26.2 Å². The van der Waals surface area contributed by atoms with Crippen LogP contribution in [-0.4, -0.2) is 48.2 Å². The van der Waals surface area contributed by atoms with E-state index >= 15 is 0 Å². The predicted molar refractivity (Wildman–Crippen MR) is 57.4 cm³/mol. The minimum absolute atomic E-state index is 0.0427. The van der Waals surface area contributed by atoms with Crippen LogP contribution < -0.4 is 5.32 Å². The maximum atomic E-state index is 12.1. The minimum atomic E-state index is 0.0427. The molecule has 0 aromatic rings. The summed E-state index contributed by atoms with van der Waals surface area (Å²) in [5.74, 6) is 0.114. The van der Waals surface area contributed by atoms with Crippen LogP contribution in [0.15, 0.2) is 11.1 Å². The smallest absolute Gasteiger partial charge is 0.249 e. The highest BCUT2D eigenvalue weighted by molar-refractivity contribution is 5.94. The first-order chi connectivity index (χ1) is 7.24. The van der Waals surface area contributed by atoms with Crippen LogP contribution in [0.4, 0.5) is 0 Å². The number of likely N-dealkylation sites (tertiary alicyclic amines) is 1. The minimum Gasteiger partial charge on any atom is -0.394 e. The fraction of sp³-hybridized carbons (Fsp3) is 0.727. The third kappa shape index (κ3) is 1.92. The van der Waals surface area contributed by atoms with E-state index < -0.39 is 0 Å². The van der Waals surface area contributed by atoms with Crippen LogP contribution in [0.2, 0.25) is 0 Å². The largest absolute Gasteiger partial charge is 0.394 e. The molecule has 2 saturated heterocycles. The van der Waals surface area contributed by atoms with Gasteiger partial charge in [-0.15, -0.1) is 0 Å². The molecule has 15 heavy (non-hydrogen) atoms. The lowest BCUT2D eigenvalue weighted by atomic mass is 10.0. The van der Waals surface area contributed by atoms with Gasteiger partial charge in [0.25, 0.3) is 0 Å². The second-order valence-electron chi connectivity index (χ2n) is 4.31. The van der Waals surface area contributed by atoms with Gasteiger partial charge in [0.2, 0.25) is 5.91 Å². The van der Waals surface area contributed by atoms with Crippen LogP contribution in [0.3, 0.4) is 0 Å². The van der Waals surface area contributed by atoms with Gasteiger partial charge in [0.15, 0.2) is 0 Å². The lowest BCUT2D eigenvalue weighted by Crippen LogP contribution is -2.41. The molecule has 0 saturated carbocycles. The van der Waals surface area contributed by atoms with Crippen molar-refractivity contribution < 1.29 is 9.90 Å². The van der Waals surface area contributed by atoms with Crippen molar-refractivity contribution in [3.8, 4) is 0 Å². The van der Waals surface area contributed by atoms with E-state index in [1.54, 1.807) is 0 Å². The van der Waals surface area contributed by atoms with Crippen LogP contribution in [0, 0.1) is 0 Å². The van der Waals surface area contributed by atoms with E-state index in [2.05, 4.69) is 5.32 Å². The molecule has 2 heterocycles. The summed E-state index contributed by atoms with van der Waals surface area (Å²) in [7, 11) is 0. The Hall–Kier alpha value is -0.870. The van der Waals surface area contributed by atoms with Crippen molar-refractivity contribution in [2.45, 2.75) is 25.8 Å². The normalized spacial score (nSPS) is 25.3. The monoisotopic (exact) mass is 210 g/mol. The van der Waals surface area contributed by atoms with Gasteiger partial charge in [-0.25, -0.2) is 0 Å². The Morgan fingerprint density at radius 1 is 1.60 bits per heavy atom. The average molecular weight is 210 g/mol. The number of amides is 1. The number of hydrogen-bond acceptors (Lipinski definition) is 3. The van der Waals surface area contributed by atoms with Gasteiger partial charge in [-0.1, -0.05) is 0 Å². The van der Waals surface area contributed by atoms with E-state index in [1.165, 1.54) is 5.57 Å². The Labute approximate surface area is 90.0 Å². The van der Waals surface area contributed by atoms with Crippen LogP contribution in [-0.2, 0) is 4.79 Å². The fourth-order valence-corrected chi connectivity index (χ4v) is 2.17. The average Bonchev–Trinajstić information content (AvgIpc) is 2.61. The molecule has 0 aromatic heterocycles. The fourth-order valence-electron chi connectivity index (χ4n) is 2.17. The summed E-state index contributed by atoms with van der Waals surface area (Å²) in [5, 5.41) is 12.3. The first kappa shape index (κ1) is 10.6. The molecule has 0 aromatic carbocycles. The summed E-state index contributed by atoms with van der Waals surface area (Å²) in [6.45, 7) is 4.46. The van der Waals surface area contributed by atoms with E-state index in [-0.39, 0.29) is 18.6 Å². The Morgan fingerprint density at radius 2 is 2.33 bits per heavy atom. The van der Waals surface area contributed by atoms with E-state index in [9.17, 15) is 4.79 Å². The number of carbonyl (C=O) groups excluding carboxylic acids is 1. The number of nitrogens with one attached hydrogen (secondary N) is 1. The Morgan fingerprint density at radius 3 is 2.87 bits per heavy atom. The Bertz CT molecular complexity index is 293. The van der Waals surface area contributed by atoms with Crippen LogP contribution in [0.5, 0.6) is 0 Å². The van der Waals surface area contributed by atoms with Crippen molar-refractivity contribution in [3.05, 3.63) is 11.1 Å². The molecular weight excluding hydrogens is 192 g/mol. The number of carbonyl (C=O) groups is 1. The summed E-state index contributed by atoms with van der Waals surface area (Å²) in [6, 6.07) is 0.0427. The highest BCUT2D eigenvalue weighted by Gasteiger charge is 2.30. The third-order valence-electron chi connectivity index (χ3n) is 3.38. The van der Waals surface area contributed by atoms with Crippen molar-refractivity contribution in [2.24, 2.45) is 0 Å². The van der Waals surface area contributed by atoms with Gasteiger partial charge in [0.05, 0.1) is 12.6 Å². The molecule has 2 N–H and O–H groups in total. The molecule has 1 amide bonds. The number of aliphatic hydroxyl groups excluding tert-OH is 1. The number of nitrogens with zero attached hydrogens (tertiary/aromatic N) is 1. The zero-order chi connectivity index (χ0) is 10.8. The zero-order valence-electron chi connectivity index (χ0n) is 9.12. The van der Waals surface area contributed by atoms with Gasteiger partial charge >= 0.3 is 0 Å². The lowest BCUT2D eigenvalue weighted by molar-refractivity contribution is -0.128. The third-order valence-corrected chi connectivity index (χ3v) is 3.38. The maximum absolute atomic E-state index is 12.1. The van der Waals surface area contributed by atoms with Crippen molar-refractivity contribution in [3.63, 3.8) is 0 Å². The van der Waals surface area contributed by atoms with Crippen molar-refractivity contribution >= 4 is 5.91 Å². The van der Waals surface area contributed by atoms with Gasteiger partial charge in [-0.05, 0) is 25.3 Å². The predicted octanol–water partition coefficient (Wildman–Crippen LogP) is -0.111. The molecule has 2 fully saturated rings. The molecular formula is C11H18N2O2. The molecule has 84 valence electrons. The molecule has 4 heteroatoms. The lowest BCUT2D eigenvalue weighted by Gasteiger charge is -2.27. The molecule has 2 aliphatic rings. The van der Waals surface area contributed by atoms with Gasteiger partial charge in [0.1, 0.15) is 0 Å². The van der Waals surface area contributed by atoms with Gasteiger partial charge < -0.3 is 15.3 Å². The molecule has 2 aliphatic heterocycles. The summed E-state index contributed by atoms with van der Waals surface area (Å²) < 4.78 is 0. The molecule has 0 radical (unpaired) electrons. The second kappa shape index (κ2) is 4.33. The summed E-state index contributed by atoms with van der Waals surface area (Å²) >= 11 is 0. The van der Waals surface area contributed by atoms with E-state index in [0.29, 0.717) is 0 Å². The van der Waals surface area contributed by atoms with Crippen LogP contribution in [0.25, 0.3) is 0 Å². The van der Waals surface area contributed by atoms with E-state index in [0.717, 1.165) is 38.0 Å². The molecule has 4 nitrogen and oxygen atoms in total. The Balaban J connectivity index is 2.06. The molecule has 2 rings (SSSR count). The first-order valence-corrected chi connectivity index (χ1v) is 5.55. The number of aliphatic hydroxyl groups is 1. The first-order valence-electron chi connectivity index (χ1n) is 5.55. The molecule has 0 unspecified atom stereocenters. The SMILES string of the molecule is CC(C(=O)N1CCC[C@H]1CO)=C1CNC1. The van der Waals surface area contributed by atoms with Gasteiger partial charge in [-0.2, -0.15) is 0 Å². The van der Waals surface area contributed by atoms with E-state index in [4.69, 9.17) is 5.11 Å². The summed E-state index contributed by atoms with van der Waals surface area (Å²) in [5.41, 5.74) is 2.08. The molecule has 1 atom stereocenters. The highest BCUT2D eigenvalue weighted by atomic mass is 16.3. The molecule has 0 aliphatic carbocycles. The molecule has 0 bridgehead atoms.